The molecule has 0 bridgehead atoms. The van der Waals surface area contributed by atoms with Gasteiger partial charge in [-0.25, -0.2) is 20.0 Å². The van der Waals surface area contributed by atoms with E-state index in [-0.39, 0.29) is 11.7 Å². The average Bonchev–Trinajstić information content (AvgIpc) is 2.77. The number of nitrogens with zero attached hydrogens (tertiary/aromatic N) is 4. The Balaban J connectivity index is 2.02. The third-order valence-corrected chi connectivity index (χ3v) is 2.96. The number of hydroxylamine groups is 2. The Morgan fingerprint density at radius 2 is 2.47 bits per heavy atom. The largest absolute Gasteiger partial charge is 0.330 e. The van der Waals surface area contributed by atoms with Crippen molar-refractivity contribution < 1.29 is 9.63 Å². The third kappa shape index (κ3) is 2.71. The highest BCUT2D eigenvalue weighted by molar-refractivity contribution is 7.99. The molecule has 0 spiro atoms. The molecule has 8 heteroatoms. The van der Waals surface area contributed by atoms with Gasteiger partial charge in [0, 0.05) is 7.05 Å². The van der Waals surface area contributed by atoms with Crippen molar-refractivity contribution in [2.75, 3.05) is 19.9 Å². The van der Waals surface area contributed by atoms with E-state index in [1.807, 2.05) is 0 Å². The monoisotopic (exact) mass is 253 g/mol. The zero-order valence-corrected chi connectivity index (χ0v) is 10.2. The van der Waals surface area contributed by atoms with Crippen molar-refractivity contribution in [2.24, 2.45) is 0 Å². The molecule has 2 heterocycles. The molecule has 0 saturated carbocycles. The van der Waals surface area contributed by atoms with Crippen LogP contribution in [0.2, 0.25) is 0 Å². The second-order valence-electron chi connectivity index (χ2n) is 3.16. The smallest absolute Gasteiger partial charge is 0.256 e. The van der Waals surface area contributed by atoms with Crippen LogP contribution in [-0.2, 0) is 9.63 Å². The molecular weight excluding hydrogens is 242 g/mol. The summed E-state index contributed by atoms with van der Waals surface area (Å²) in [5.74, 6) is 0.112. The number of aromatic amines is 1. The summed E-state index contributed by atoms with van der Waals surface area (Å²) >= 11 is 1.29. The van der Waals surface area contributed by atoms with Gasteiger partial charge in [0.05, 0.1) is 19.1 Å². The van der Waals surface area contributed by atoms with E-state index in [4.69, 9.17) is 4.84 Å². The number of hydrogen-bond acceptors (Lipinski definition) is 6. The predicted octanol–water partition coefficient (Wildman–Crippen LogP) is 0.465. The molecule has 17 heavy (non-hydrogen) atoms. The van der Waals surface area contributed by atoms with Crippen LogP contribution < -0.4 is 0 Å². The SMILES string of the molecule is CON(C)C(=O)CSc1nc2ncncc2[nH]1. The normalized spacial score (nSPS) is 10.7. The molecule has 0 aliphatic heterocycles. The van der Waals surface area contributed by atoms with E-state index < -0.39 is 0 Å². The van der Waals surface area contributed by atoms with Gasteiger partial charge in [-0.3, -0.25) is 9.63 Å². The van der Waals surface area contributed by atoms with Crippen molar-refractivity contribution >= 4 is 28.8 Å². The summed E-state index contributed by atoms with van der Waals surface area (Å²) in [5, 5.41) is 1.81. The van der Waals surface area contributed by atoms with Gasteiger partial charge in [-0.15, -0.1) is 0 Å². The zero-order valence-electron chi connectivity index (χ0n) is 9.38. The summed E-state index contributed by atoms with van der Waals surface area (Å²) in [6.07, 6.45) is 3.07. The fraction of sp³-hybridized carbons (Fsp3) is 0.333. The van der Waals surface area contributed by atoms with Crippen molar-refractivity contribution in [2.45, 2.75) is 5.16 Å². The number of aromatic nitrogens is 4. The number of imidazole rings is 1. The van der Waals surface area contributed by atoms with Gasteiger partial charge in [0.25, 0.3) is 5.91 Å². The molecule has 0 aliphatic rings. The Labute approximate surface area is 102 Å². The quantitative estimate of drug-likeness (QED) is 0.629. The predicted molar refractivity (Wildman–Crippen MR) is 62.2 cm³/mol. The van der Waals surface area contributed by atoms with Crippen LogP contribution in [0.15, 0.2) is 17.7 Å². The van der Waals surface area contributed by atoms with E-state index >= 15 is 0 Å². The van der Waals surface area contributed by atoms with E-state index in [9.17, 15) is 4.79 Å². The molecule has 0 unspecified atom stereocenters. The molecule has 0 saturated heterocycles. The van der Waals surface area contributed by atoms with Gasteiger partial charge in [-0.05, 0) is 0 Å². The summed E-state index contributed by atoms with van der Waals surface area (Å²) < 4.78 is 0. The molecule has 1 N–H and O–H groups in total. The van der Waals surface area contributed by atoms with Crippen LogP contribution >= 0.6 is 11.8 Å². The Morgan fingerprint density at radius 3 is 3.18 bits per heavy atom. The van der Waals surface area contributed by atoms with E-state index in [0.717, 1.165) is 5.52 Å². The van der Waals surface area contributed by atoms with Crippen LogP contribution in [0, 0.1) is 0 Å². The van der Waals surface area contributed by atoms with Crippen molar-refractivity contribution in [3.63, 3.8) is 0 Å². The fourth-order valence-corrected chi connectivity index (χ4v) is 1.91. The molecule has 0 atom stereocenters. The second-order valence-corrected chi connectivity index (χ2v) is 4.13. The van der Waals surface area contributed by atoms with Crippen LogP contribution in [0.5, 0.6) is 0 Å². The summed E-state index contributed by atoms with van der Waals surface area (Å²) in [7, 11) is 3.01. The molecule has 2 aromatic heterocycles. The number of amides is 1. The number of H-pyrrole nitrogens is 1. The Hall–Kier alpha value is -1.67. The molecule has 90 valence electrons. The average molecular weight is 253 g/mol. The lowest BCUT2D eigenvalue weighted by atomic mass is 10.6. The minimum atomic E-state index is -0.135. The third-order valence-electron chi connectivity index (χ3n) is 2.10. The second kappa shape index (κ2) is 5.11. The van der Waals surface area contributed by atoms with Gasteiger partial charge in [-0.2, -0.15) is 0 Å². The Bertz CT molecular complexity index is 496. The summed E-state index contributed by atoms with van der Waals surface area (Å²) in [6.45, 7) is 0. The number of carbonyl (C=O) groups excluding carboxylic acids is 1. The minimum absolute atomic E-state index is 0.135. The number of nitrogens with one attached hydrogen (secondary N) is 1. The molecular formula is C9H11N5O2S. The summed E-state index contributed by atoms with van der Waals surface area (Å²) in [6, 6.07) is 0. The maximum atomic E-state index is 11.5. The van der Waals surface area contributed by atoms with E-state index in [1.54, 1.807) is 13.2 Å². The van der Waals surface area contributed by atoms with E-state index in [2.05, 4.69) is 19.9 Å². The zero-order chi connectivity index (χ0) is 12.3. The molecule has 0 radical (unpaired) electrons. The number of fused-ring (bicyclic) bond motifs is 1. The number of rotatable bonds is 4. The van der Waals surface area contributed by atoms with Gasteiger partial charge in [0.1, 0.15) is 11.8 Å². The lowest BCUT2D eigenvalue weighted by molar-refractivity contribution is -0.165. The molecule has 7 nitrogen and oxygen atoms in total. The highest BCUT2D eigenvalue weighted by Crippen LogP contribution is 2.17. The summed E-state index contributed by atoms with van der Waals surface area (Å²) in [4.78, 5) is 31.4. The van der Waals surface area contributed by atoms with Gasteiger partial charge in [0.2, 0.25) is 0 Å². The molecule has 2 rings (SSSR count). The van der Waals surface area contributed by atoms with Crippen molar-refractivity contribution in [3.05, 3.63) is 12.5 Å². The van der Waals surface area contributed by atoms with E-state index in [0.29, 0.717) is 10.8 Å². The standard InChI is InChI=1S/C9H11N5O2S/c1-14(16-2)7(15)4-17-9-12-6-3-10-5-11-8(6)13-9/h3,5H,4H2,1-2H3,(H,10,11,12,13). The highest BCUT2D eigenvalue weighted by Gasteiger charge is 2.10. The number of hydrogen-bond donors (Lipinski definition) is 1. The first-order valence-electron chi connectivity index (χ1n) is 4.80. The van der Waals surface area contributed by atoms with Crippen molar-refractivity contribution in [3.8, 4) is 0 Å². The van der Waals surface area contributed by atoms with Crippen LogP contribution in [0.25, 0.3) is 11.2 Å². The van der Waals surface area contributed by atoms with Crippen molar-refractivity contribution in [1.29, 1.82) is 0 Å². The summed E-state index contributed by atoms with van der Waals surface area (Å²) in [5.41, 5.74) is 1.34. The Kier molecular flexibility index (Phi) is 3.55. The van der Waals surface area contributed by atoms with Gasteiger partial charge >= 0.3 is 0 Å². The Morgan fingerprint density at radius 1 is 1.65 bits per heavy atom. The molecule has 2 aromatic rings. The van der Waals surface area contributed by atoms with Crippen molar-refractivity contribution in [1.82, 2.24) is 25.0 Å². The van der Waals surface area contributed by atoms with Crippen LogP contribution in [0.3, 0.4) is 0 Å². The van der Waals surface area contributed by atoms with E-state index in [1.165, 1.54) is 30.3 Å². The van der Waals surface area contributed by atoms with Crippen LogP contribution in [0.1, 0.15) is 0 Å². The lowest BCUT2D eigenvalue weighted by Crippen LogP contribution is -2.26. The topological polar surface area (TPSA) is 84.0 Å². The van der Waals surface area contributed by atoms with Crippen LogP contribution in [0.4, 0.5) is 0 Å². The number of thioether (sulfide) groups is 1. The molecule has 0 fully saturated rings. The first-order valence-corrected chi connectivity index (χ1v) is 5.78. The molecule has 1 amide bonds. The van der Waals surface area contributed by atoms with Crippen LogP contribution in [-0.4, -0.2) is 50.8 Å². The number of carbonyl (C=O) groups is 1. The highest BCUT2D eigenvalue weighted by atomic mass is 32.2. The first-order chi connectivity index (χ1) is 8.20. The maximum Gasteiger partial charge on any atom is 0.256 e. The molecule has 0 aromatic carbocycles. The van der Waals surface area contributed by atoms with Gasteiger partial charge in [0.15, 0.2) is 10.8 Å². The molecule has 0 aliphatic carbocycles. The van der Waals surface area contributed by atoms with Gasteiger partial charge < -0.3 is 4.98 Å². The lowest BCUT2D eigenvalue weighted by Gasteiger charge is -2.12. The first kappa shape index (κ1) is 11.8. The maximum absolute atomic E-state index is 11.5. The van der Waals surface area contributed by atoms with Gasteiger partial charge in [-0.1, -0.05) is 11.8 Å². The minimum Gasteiger partial charge on any atom is -0.330 e. The fourth-order valence-electron chi connectivity index (χ4n) is 1.13.